The summed E-state index contributed by atoms with van der Waals surface area (Å²) in [7, 11) is 0. The van der Waals surface area contributed by atoms with Gasteiger partial charge in [-0.05, 0) is 43.4 Å². The van der Waals surface area contributed by atoms with E-state index in [9.17, 15) is 9.90 Å². The number of aliphatic hydroxyl groups is 1. The Labute approximate surface area is 122 Å². The summed E-state index contributed by atoms with van der Waals surface area (Å²) >= 11 is 0. The molecule has 1 N–H and O–H groups in total. The predicted molar refractivity (Wildman–Crippen MR) is 78.3 cm³/mol. The van der Waals surface area contributed by atoms with Crippen molar-refractivity contribution in [1.82, 2.24) is 4.90 Å². The number of carbonyl (C=O) groups is 1. The maximum Gasteiger partial charge on any atom is 0.225 e. The van der Waals surface area contributed by atoms with E-state index in [0.29, 0.717) is 11.8 Å². The Morgan fingerprint density at radius 3 is 2.45 bits per heavy atom. The lowest BCUT2D eigenvalue weighted by Gasteiger charge is -2.42. The molecule has 0 aromatic heterocycles. The minimum Gasteiger partial charge on any atom is -0.396 e. The Bertz CT molecular complexity index is 312. The molecule has 0 saturated carbocycles. The number of amides is 1. The highest BCUT2D eigenvalue weighted by atomic mass is 16.5. The van der Waals surface area contributed by atoms with Gasteiger partial charge in [0.05, 0.1) is 0 Å². The van der Waals surface area contributed by atoms with Gasteiger partial charge in [0.25, 0.3) is 0 Å². The van der Waals surface area contributed by atoms with E-state index in [0.717, 1.165) is 58.4 Å². The second-order valence-corrected chi connectivity index (χ2v) is 6.58. The normalized spacial score (nSPS) is 25.4. The van der Waals surface area contributed by atoms with Crippen molar-refractivity contribution in [3.63, 3.8) is 0 Å². The van der Waals surface area contributed by atoms with E-state index in [4.69, 9.17) is 4.74 Å². The number of aliphatic hydroxyl groups excluding tert-OH is 1. The summed E-state index contributed by atoms with van der Waals surface area (Å²) < 4.78 is 5.38. The number of likely N-dealkylation sites (tertiary alicyclic amines) is 1. The van der Waals surface area contributed by atoms with Crippen LogP contribution >= 0.6 is 0 Å². The highest BCUT2D eigenvalue weighted by Gasteiger charge is 2.36. The quantitative estimate of drug-likeness (QED) is 0.859. The third kappa shape index (κ3) is 3.34. The van der Waals surface area contributed by atoms with Gasteiger partial charge in [0, 0.05) is 38.8 Å². The van der Waals surface area contributed by atoms with Gasteiger partial charge >= 0.3 is 0 Å². The minimum atomic E-state index is 0.0543. The molecule has 20 heavy (non-hydrogen) atoms. The number of hydrogen-bond acceptors (Lipinski definition) is 3. The third-order valence-electron chi connectivity index (χ3n) is 5.58. The molecule has 0 aliphatic carbocycles. The molecule has 2 saturated heterocycles. The molecule has 0 bridgehead atoms. The first-order chi connectivity index (χ1) is 9.62. The fourth-order valence-corrected chi connectivity index (χ4v) is 3.53. The molecular weight excluding hydrogens is 254 g/mol. The van der Waals surface area contributed by atoms with Gasteiger partial charge in [-0.1, -0.05) is 13.8 Å². The molecule has 0 aromatic rings. The largest absolute Gasteiger partial charge is 0.396 e. The minimum absolute atomic E-state index is 0.0543. The summed E-state index contributed by atoms with van der Waals surface area (Å²) in [5.74, 6) is 0.897. The summed E-state index contributed by atoms with van der Waals surface area (Å²) in [6.45, 7) is 7.67. The molecule has 2 aliphatic heterocycles. The molecule has 4 nitrogen and oxygen atoms in total. The number of rotatable bonds is 4. The smallest absolute Gasteiger partial charge is 0.225 e. The molecule has 1 amide bonds. The Hall–Kier alpha value is -0.610. The van der Waals surface area contributed by atoms with Crippen LogP contribution in [0.5, 0.6) is 0 Å². The van der Waals surface area contributed by atoms with Gasteiger partial charge in [-0.2, -0.15) is 0 Å². The van der Waals surface area contributed by atoms with Crippen molar-refractivity contribution >= 4 is 5.91 Å². The van der Waals surface area contributed by atoms with Crippen molar-refractivity contribution in [3.05, 3.63) is 0 Å². The standard InChI is InChI=1S/C16H29NO3/c1-3-16(12-18)6-8-17(9-7-16)15(19)13(2)14-4-10-20-11-5-14/h13-14,18H,3-12H2,1-2H3. The molecule has 0 aromatic carbocycles. The summed E-state index contributed by atoms with van der Waals surface area (Å²) in [5.41, 5.74) is 0.0543. The molecule has 4 heteroatoms. The zero-order chi connectivity index (χ0) is 14.6. The van der Waals surface area contributed by atoms with Gasteiger partial charge < -0.3 is 14.7 Å². The highest BCUT2D eigenvalue weighted by Crippen LogP contribution is 2.35. The van der Waals surface area contributed by atoms with Gasteiger partial charge in [0.15, 0.2) is 0 Å². The van der Waals surface area contributed by atoms with E-state index < -0.39 is 0 Å². The van der Waals surface area contributed by atoms with Crippen LogP contribution in [0.3, 0.4) is 0 Å². The highest BCUT2D eigenvalue weighted by molar-refractivity contribution is 5.78. The van der Waals surface area contributed by atoms with Crippen LogP contribution < -0.4 is 0 Å². The van der Waals surface area contributed by atoms with Crippen LogP contribution in [0.2, 0.25) is 0 Å². The molecule has 2 aliphatic rings. The Kier molecular flexibility index (Phi) is 5.44. The van der Waals surface area contributed by atoms with Crippen molar-refractivity contribution in [2.45, 2.75) is 46.0 Å². The fraction of sp³-hybridized carbons (Fsp3) is 0.938. The van der Waals surface area contributed by atoms with E-state index in [1.54, 1.807) is 0 Å². The molecule has 2 heterocycles. The van der Waals surface area contributed by atoms with Crippen molar-refractivity contribution in [2.24, 2.45) is 17.3 Å². The van der Waals surface area contributed by atoms with E-state index in [2.05, 4.69) is 13.8 Å². The van der Waals surface area contributed by atoms with Crippen molar-refractivity contribution in [3.8, 4) is 0 Å². The van der Waals surface area contributed by atoms with Gasteiger partial charge in [-0.15, -0.1) is 0 Å². The van der Waals surface area contributed by atoms with Crippen molar-refractivity contribution in [2.75, 3.05) is 32.9 Å². The molecule has 0 spiro atoms. The fourth-order valence-electron chi connectivity index (χ4n) is 3.53. The van der Waals surface area contributed by atoms with E-state index in [1.165, 1.54) is 0 Å². The van der Waals surface area contributed by atoms with E-state index in [-0.39, 0.29) is 17.9 Å². The van der Waals surface area contributed by atoms with Gasteiger partial charge in [0.2, 0.25) is 5.91 Å². The molecule has 0 radical (unpaired) electrons. The van der Waals surface area contributed by atoms with E-state index in [1.807, 2.05) is 4.90 Å². The number of ether oxygens (including phenoxy) is 1. The Morgan fingerprint density at radius 2 is 1.95 bits per heavy atom. The number of piperidine rings is 1. The monoisotopic (exact) mass is 283 g/mol. The predicted octanol–water partition coefficient (Wildman–Crippen LogP) is 2.06. The number of carbonyl (C=O) groups excluding carboxylic acids is 1. The first-order valence-corrected chi connectivity index (χ1v) is 8.09. The zero-order valence-electron chi connectivity index (χ0n) is 12.9. The van der Waals surface area contributed by atoms with Gasteiger partial charge in [-0.3, -0.25) is 4.79 Å². The lowest BCUT2D eigenvalue weighted by molar-refractivity contribution is -0.140. The number of hydrogen-bond donors (Lipinski definition) is 1. The van der Waals surface area contributed by atoms with E-state index >= 15 is 0 Å². The topological polar surface area (TPSA) is 49.8 Å². The molecule has 1 unspecified atom stereocenters. The maximum absolute atomic E-state index is 12.6. The molecule has 2 rings (SSSR count). The van der Waals surface area contributed by atoms with Crippen LogP contribution in [-0.2, 0) is 9.53 Å². The first kappa shape index (κ1) is 15.8. The molecule has 1 atom stereocenters. The molecule has 116 valence electrons. The zero-order valence-corrected chi connectivity index (χ0v) is 12.9. The van der Waals surface area contributed by atoms with Gasteiger partial charge in [-0.25, -0.2) is 0 Å². The van der Waals surface area contributed by atoms with Crippen LogP contribution in [-0.4, -0.2) is 48.8 Å². The van der Waals surface area contributed by atoms with Crippen LogP contribution in [0.4, 0.5) is 0 Å². The van der Waals surface area contributed by atoms with Crippen LogP contribution in [0.1, 0.15) is 46.0 Å². The Morgan fingerprint density at radius 1 is 1.35 bits per heavy atom. The summed E-state index contributed by atoms with van der Waals surface area (Å²) in [4.78, 5) is 14.6. The Balaban J connectivity index is 1.87. The molecule has 2 fully saturated rings. The van der Waals surface area contributed by atoms with Crippen molar-refractivity contribution in [1.29, 1.82) is 0 Å². The summed E-state index contributed by atoms with van der Waals surface area (Å²) in [5, 5.41) is 9.56. The lowest BCUT2D eigenvalue weighted by Crippen LogP contribution is -2.47. The third-order valence-corrected chi connectivity index (χ3v) is 5.58. The van der Waals surface area contributed by atoms with Gasteiger partial charge in [0.1, 0.15) is 0 Å². The molecular formula is C16H29NO3. The average Bonchev–Trinajstić information content (AvgIpc) is 2.54. The lowest BCUT2D eigenvalue weighted by atomic mass is 9.76. The van der Waals surface area contributed by atoms with Crippen LogP contribution in [0.25, 0.3) is 0 Å². The van der Waals surface area contributed by atoms with Crippen LogP contribution in [0.15, 0.2) is 0 Å². The summed E-state index contributed by atoms with van der Waals surface area (Å²) in [6.07, 6.45) is 4.89. The second-order valence-electron chi connectivity index (χ2n) is 6.58. The SMILES string of the molecule is CCC1(CO)CCN(C(=O)C(C)C2CCOCC2)CC1. The maximum atomic E-state index is 12.6. The summed E-state index contributed by atoms with van der Waals surface area (Å²) in [6, 6.07) is 0. The first-order valence-electron chi connectivity index (χ1n) is 8.09. The number of nitrogens with zero attached hydrogens (tertiary/aromatic N) is 1. The second kappa shape index (κ2) is 6.90. The van der Waals surface area contributed by atoms with Crippen molar-refractivity contribution < 1.29 is 14.6 Å². The van der Waals surface area contributed by atoms with Crippen LogP contribution in [0, 0.1) is 17.3 Å². The average molecular weight is 283 g/mol.